The predicted molar refractivity (Wildman–Crippen MR) is 90.4 cm³/mol. The highest BCUT2D eigenvalue weighted by molar-refractivity contribution is 6.13. The lowest BCUT2D eigenvalue weighted by molar-refractivity contribution is 1.45. The molecule has 0 aliphatic heterocycles. The quantitative estimate of drug-likeness (QED) is 0.476. The number of nitrogens with one attached hydrogen (secondary N) is 1. The lowest BCUT2D eigenvalue weighted by Gasteiger charge is -2.08. The number of nitrogen functional groups attached to an aromatic ring is 1. The van der Waals surface area contributed by atoms with Gasteiger partial charge in [-0.3, -0.25) is 0 Å². The van der Waals surface area contributed by atoms with Gasteiger partial charge in [0.15, 0.2) is 0 Å². The lowest BCUT2D eigenvalue weighted by Crippen LogP contribution is -1.89. The topological polar surface area (TPSA) is 41.8 Å². The van der Waals surface area contributed by atoms with E-state index in [-0.39, 0.29) is 0 Å². The molecule has 0 saturated heterocycles. The molecule has 2 heteroatoms. The zero-order chi connectivity index (χ0) is 14.4. The molecular formula is C19H16N2. The van der Waals surface area contributed by atoms with E-state index in [0.29, 0.717) is 0 Å². The number of aryl methyl sites for hydroxylation is 1. The number of aromatic amines is 1. The summed E-state index contributed by atoms with van der Waals surface area (Å²) in [6.07, 6.45) is 0. The lowest BCUT2D eigenvalue weighted by atomic mass is 9.97. The van der Waals surface area contributed by atoms with Crippen molar-refractivity contribution in [3.63, 3.8) is 0 Å². The normalized spacial score (nSPS) is 11.3. The van der Waals surface area contributed by atoms with Crippen molar-refractivity contribution in [3.8, 4) is 11.1 Å². The molecule has 1 heterocycles. The summed E-state index contributed by atoms with van der Waals surface area (Å²) < 4.78 is 0. The van der Waals surface area contributed by atoms with Crippen molar-refractivity contribution >= 4 is 27.5 Å². The first-order chi connectivity index (χ1) is 10.2. The third-order valence-electron chi connectivity index (χ3n) is 4.07. The molecule has 3 N–H and O–H groups in total. The van der Waals surface area contributed by atoms with Gasteiger partial charge in [-0.2, -0.15) is 0 Å². The minimum absolute atomic E-state index is 0.797. The maximum absolute atomic E-state index is 6.15. The van der Waals surface area contributed by atoms with Crippen LogP contribution in [0.4, 0.5) is 5.69 Å². The Balaban J connectivity index is 2.17. The van der Waals surface area contributed by atoms with Crippen LogP contribution in [0.2, 0.25) is 0 Å². The second-order valence-corrected chi connectivity index (χ2v) is 5.48. The molecule has 4 aromatic rings. The number of fused-ring (bicyclic) bond motifs is 3. The highest BCUT2D eigenvalue weighted by Gasteiger charge is 2.11. The summed E-state index contributed by atoms with van der Waals surface area (Å²) in [5.74, 6) is 0. The molecule has 0 fully saturated rings. The van der Waals surface area contributed by atoms with E-state index in [2.05, 4.69) is 72.6 Å². The Hall–Kier alpha value is -2.74. The van der Waals surface area contributed by atoms with Crippen LogP contribution in [-0.4, -0.2) is 4.98 Å². The van der Waals surface area contributed by atoms with E-state index in [1.165, 1.54) is 27.5 Å². The molecule has 0 amide bonds. The number of rotatable bonds is 1. The van der Waals surface area contributed by atoms with Gasteiger partial charge < -0.3 is 10.7 Å². The molecule has 0 atom stereocenters. The van der Waals surface area contributed by atoms with Crippen LogP contribution in [0, 0.1) is 6.92 Å². The smallest absolute Gasteiger partial charge is 0.0546 e. The molecule has 1 aromatic heterocycles. The van der Waals surface area contributed by atoms with Crippen LogP contribution >= 0.6 is 0 Å². The number of benzene rings is 3. The van der Waals surface area contributed by atoms with E-state index >= 15 is 0 Å². The number of aromatic nitrogens is 1. The SMILES string of the molecule is Cc1ccccc1-c1cc(N)cc2c1[nH]c1ccccc12. The first-order valence-corrected chi connectivity index (χ1v) is 7.10. The van der Waals surface area contributed by atoms with Gasteiger partial charge in [0.25, 0.3) is 0 Å². The Morgan fingerprint density at radius 2 is 1.57 bits per heavy atom. The summed E-state index contributed by atoms with van der Waals surface area (Å²) in [5, 5.41) is 2.40. The molecule has 3 aromatic carbocycles. The summed E-state index contributed by atoms with van der Waals surface area (Å²) in [4.78, 5) is 3.54. The third-order valence-corrected chi connectivity index (χ3v) is 4.07. The van der Waals surface area contributed by atoms with Gasteiger partial charge in [-0.05, 0) is 36.2 Å². The Morgan fingerprint density at radius 1 is 0.810 bits per heavy atom. The Morgan fingerprint density at radius 3 is 2.43 bits per heavy atom. The summed E-state index contributed by atoms with van der Waals surface area (Å²) in [5.41, 5.74) is 12.9. The summed E-state index contributed by atoms with van der Waals surface area (Å²) >= 11 is 0. The minimum Gasteiger partial charge on any atom is -0.399 e. The number of anilines is 1. The molecule has 0 aliphatic carbocycles. The fourth-order valence-corrected chi connectivity index (χ4v) is 3.06. The van der Waals surface area contributed by atoms with E-state index in [1.54, 1.807) is 0 Å². The standard InChI is InChI=1S/C19H16N2/c1-12-6-2-3-7-14(12)16-10-13(20)11-17-15-8-4-5-9-18(15)21-19(16)17/h2-11,21H,20H2,1H3. The van der Waals surface area contributed by atoms with Gasteiger partial charge in [-0.15, -0.1) is 0 Å². The average Bonchev–Trinajstić information content (AvgIpc) is 2.86. The summed E-state index contributed by atoms with van der Waals surface area (Å²) in [6, 6.07) is 20.9. The van der Waals surface area contributed by atoms with Crippen molar-refractivity contribution in [3.05, 3.63) is 66.2 Å². The van der Waals surface area contributed by atoms with Crippen LogP contribution in [0.1, 0.15) is 5.56 Å². The predicted octanol–water partition coefficient (Wildman–Crippen LogP) is 4.88. The van der Waals surface area contributed by atoms with Crippen molar-refractivity contribution < 1.29 is 0 Å². The van der Waals surface area contributed by atoms with Gasteiger partial charge in [-0.1, -0.05) is 42.5 Å². The van der Waals surface area contributed by atoms with E-state index < -0.39 is 0 Å². The van der Waals surface area contributed by atoms with E-state index in [9.17, 15) is 0 Å². The number of H-pyrrole nitrogens is 1. The van der Waals surface area contributed by atoms with Crippen LogP contribution in [0.5, 0.6) is 0 Å². The Kier molecular flexibility index (Phi) is 2.51. The molecule has 0 aliphatic rings. The Bertz CT molecular complexity index is 964. The molecule has 2 nitrogen and oxygen atoms in total. The van der Waals surface area contributed by atoms with Crippen LogP contribution in [-0.2, 0) is 0 Å². The van der Waals surface area contributed by atoms with Crippen LogP contribution in [0.15, 0.2) is 60.7 Å². The van der Waals surface area contributed by atoms with Crippen LogP contribution < -0.4 is 5.73 Å². The highest BCUT2D eigenvalue weighted by Crippen LogP contribution is 2.36. The first-order valence-electron chi connectivity index (χ1n) is 7.10. The average molecular weight is 272 g/mol. The van der Waals surface area contributed by atoms with Crippen molar-refractivity contribution in [1.29, 1.82) is 0 Å². The zero-order valence-electron chi connectivity index (χ0n) is 11.9. The second-order valence-electron chi connectivity index (χ2n) is 5.48. The van der Waals surface area contributed by atoms with Crippen LogP contribution in [0.25, 0.3) is 32.9 Å². The molecule has 0 saturated carbocycles. The summed E-state index contributed by atoms with van der Waals surface area (Å²) in [7, 11) is 0. The minimum atomic E-state index is 0.797. The van der Waals surface area contributed by atoms with E-state index in [0.717, 1.165) is 16.7 Å². The monoisotopic (exact) mass is 272 g/mol. The van der Waals surface area contributed by atoms with Gasteiger partial charge in [-0.25, -0.2) is 0 Å². The Labute approximate surface area is 123 Å². The fraction of sp³-hybridized carbons (Fsp3) is 0.0526. The number of para-hydroxylation sites is 1. The van der Waals surface area contributed by atoms with Gasteiger partial charge >= 0.3 is 0 Å². The molecule has 0 bridgehead atoms. The number of hydrogen-bond acceptors (Lipinski definition) is 1. The fourth-order valence-electron chi connectivity index (χ4n) is 3.06. The van der Waals surface area contributed by atoms with E-state index in [1.807, 2.05) is 0 Å². The first kappa shape index (κ1) is 12.0. The van der Waals surface area contributed by atoms with Crippen molar-refractivity contribution in [2.75, 3.05) is 5.73 Å². The van der Waals surface area contributed by atoms with Gasteiger partial charge in [0.05, 0.1) is 5.52 Å². The largest absolute Gasteiger partial charge is 0.399 e. The maximum atomic E-state index is 6.15. The van der Waals surface area contributed by atoms with Gasteiger partial charge in [0.1, 0.15) is 0 Å². The van der Waals surface area contributed by atoms with Crippen molar-refractivity contribution in [2.45, 2.75) is 6.92 Å². The second kappa shape index (κ2) is 4.38. The molecule has 0 unspecified atom stereocenters. The van der Waals surface area contributed by atoms with Gasteiger partial charge in [0.2, 0.25) is 0 Å². The highest BCUT2D eigenvalue weighted by atomic mass is 14.7. The number of hydrogen-bond donors (Lipinski definition) is 2. The van der Waals surface area contributed by atoms with Gasteiger partial charge in [0, 0.05) is 27.5 Å². The van der Waals surface area contributed by atoms with Crippen molar-refractivity contribution in [1.82, 2.24) is 4.98 Å². The molecule has 21 heavy (non-hydrogen) atoms. The third kappa shape index (κ3) is 1.80. The maximum Gasteiger partial charge on any atom is 0.0546 e. The van der Waals surface area contributed by atoms with Crippen LogP contribution in [0.3, 0.4) is 0 Å². The van der Waals surface area contributed by atoms with E-state index in [4.69, 9.17) is 5.73 Å². The molecule has 0 spiro atoms. The number of nitrogens with two attached hydrogens (primary N) is 1. The molecule has 0 radical (unpaired) electrons. The molecular weight excluding hydrogens is 256 g/mol. The zero-order valence-corrected chi connectivity index (χ0v) is 11.9. The molecule has 102 valence electrons. The molecule has 4 rings (SSSR count). The summed E-state index contributed by atoms with van der Waals surface area (Å²) in [6.45, 7) is 2.13. The van der Waals surface area contributed by atoms with Crippen molar-refractivity contribution in [2.24, 2.45) is 0 Å².